The van der Waals surface area contributed by atoms with Crippen molar-refractivity contribution in [3.8, 4) is 11.3 Å². The van der Waals surface area contributed by atoms with E-state index in [0.717, 1.165) is 17.1 Å². The summed E-state index contributed by atoms with van der Waals surface area (Å²) in [7, 11) is 0. The third kappa shape index (κ3) is 2.04. The molecule has 0 aliphatic heterocycles. The Hall–Kier alpha value is -1.32. The van der Waals surface area contributed by atoms with Crippen LogP contribution in [-0.2, 0) is 6.42 Å². The molecule has 0 saturated carbocycles. The summed E-state index contributed by atoms with van der Waals surface area (Å²) in [6.07, 6.45) is 3.12. The van der Waals surface area contributed by atoms with Crippen LogP contribution in [0.1, 0.15) is 17.5 Å². The topological polar surface area (TPSA) is 28.7 Å². The normalized spacial score (nSPS) is 10.6. The Morgan fingerprint density at radius 1 is 1.33 bits per heavy atom. The van der Waals surface area contributed by atoms with Crippen LogP contribution in [0.4, 0.5) is 0 Å². The monoisotopic (exact) mass is 278 g/mol. The molecule has 0 fully saturated rings. The first-order valence-electron chi connectivity index (χ1n) is 5.81. The maximum absolute atomic E-state index is 4.56. The van der Waals surface area contributed by atoms with Crippen LogP contribution in [0.2, 0.25) is 0 Å². The van der Waals surface area contributed by atoms with E-state index in [2.05, 4.69) is 46.7 Å². The van der Waals surface area contributed by atoms with E-state index < -0.39 is 0 Å². The van der Waals surface area contributed by atoms with Crippen molar-refractivity contribution in [3.05, 3.63) is 40.3 Å². The summed E-state index contributed by atoms with van der Waals surface area (Å²) in [6.45, 7) is 4.22. The molecule has 0 unspecified atom stereocenters. The molecule has 2 heterocycles. The number of hydrogen-bond acceptors (Lipinski definition) is 2. The van der Waals surface area contributed by atoms with Gasteiger partial charge >= 0.3 is 0 Å². The Bertz CT molecular complexity index is 669. The van der Waals surface area contributed by atoms with E-state index >= 15 is 0 Å². The van der Waals surface area contributed by atoms with Gasteiger partial charge in [-0.3, -0.25) is 0 Å². The number of nitrogens with one attached hydrogen (secondary N) is 1. The number of aromatic nitrogens is 2. The molecule has 1 aromatic carbocycles. The molecule has 3 rings (SSSR count). The number of H-pyrrole nitrogens is 1. The number of nitrogens with zero attached hydrogens (tertiary/aromatic N) is 1. The van der Waals surface area contributed by atoms with Crippen molar-refractivity contribution in [2.75, 3.05) is 0 Å². The van der Waals surface area contributed by atoms with E-state index in [0.29, 0.717) is 0 Å². The predicted octanol–water partition coefficient (Wildman–Crippen LogP) is 4.58. The molecule has 0 bridgehead atoms. The van der Waals surface area contributed by atoms with Crippen LogP contribution in [0.3, 0.4) is 0 Å². The summed E-state index contributed by atoms with van der Waals surface area (Å²) in [6, 6.07) is 6.46. The molecule has 0 radical (unpaired) electrons. The number of para-hydroxylation sites is 1. The van der Waals surface area contributed by atoms with Crippen LogP contribution < -0.4 is 0 Å². The number of halogens is 1. The van der Waals surface area contributed by atoms with Gasteiger partial charge in [0.05, 0.1) is 10.7 Å². The number of aryl methyl sites for hydroxylation is 2. The summed E-state index contributed by atoms with van der Waals surface area (Å²) < 4.78 is 0. The number of thiazole rings is 1. The summed E-state index contributed by atoms with van der Waals surface area (Å²) in [4.78, 5) is 7.94. The van der Waals surface area contributed by atoms with Crippen LogP contribution in [0.15, 0.2) is 29.8 Å². The van der Waals surface area contributed by atoms with Crippen molar-refractivity contribution >= 4 is 34.6 Å². The summed E-state index contributed by atoms with van der Waals surface area (Å²) in [5.74, 6) is 0. The molecule has 2 aromatic heterocycles. The van der Waals surface area contributed by atoms with Crippen LogP contribution in [0.25, 0.3) is 22.2 Å². The molecule has 0 amide bonds. The Morgan fingerprint density at radius 2 is 2.17 bits per heavy atom. The molecule has 0 spiro atoms. The van der Waals surface area contributed by atoms with Gasteiger partial charge in [0.15, 0.2) is 0 Å². The number of benzene rings is 1. The second-order valence-corrected chi connectivity index (χ2v) is 5.21. The molecule has 0 atom stereocenters. The van der Waals surface area contributed by atoms with Gasteiger partial charge in [-0.25, -0.2) is 4.98 Å². The zero-order chi connectivity index (χ0) is 11.8. The molecule has 0 aliphatic rings. The minimum Gasteiger partial charge on any atom is -0.360 e. The fourth-order valence-electron chi connectivity index (χ4n) is 2.21. The summed E-state index contributed by atoms with van der Waals surface area (Å²) in [5, 5.41) is 4.51. The molecular weight excluding hydrogens is 264 g/mol. The lowest BCUT2D eigenvalue weighted by Crippen LogP contribution is -1.82. The number of rotatable bonds is 2. The zero-order valence-electron chi connectivity index (χ0n) is 10.4. The molecule has 2 nitrogen and oxygen atoms in total. The van der Waals surface area contributed by atoms with Gasteiger partial charge in [-0.2, -0.15) is 0 Å². The first kappa shape index (κ1) is 13.1. The third-order valence-corrected chi connectivity index (χ3v) is 3.85. The maximum atomic E-state index is 4.56. The first-order chi connectivity index (χ1) is 8.29. The highest BCUT2D eigenvalue weighted by atomic mass is 35.5. The van der Waals surface area contributed by atoms with Crippen molar-refractivity contribution in [2.45, 2.75) is 20.3 Å². The Labute approximate surface area is 116 Å². The van der Waals surface area contributed by atoms with E-state index in [-0.39, 0.29) is 12.4 Å². The number of fused-ring (bicyclic) bond motifs is 1. The average molecular weight is 279 g/mol. The maximum Gasteiger partial charge on any atom is 0.0901 e. The fourth-order valence-corrected chi connectivity index (χ4v) is 2.82. The molecule has 1 N–H and O–H groups in total. The minimum absolute atomic E-state index is 0. The van der Waals surface area contributed by atoms with Crippen molar-refractivity contribution in [3.63, 3.8) is 0 Å². The van der Waals surface area contributed by atoms with Gasteiger partial charge in [0.2, 0.25) is 0 Å². The predicted molar refractivity (Wildman–Crippen MR) is 80.8 cm³/mol. The summed E-state index contributed by atoms with van der Waals surface area (Å²) in [5.41, 5.74) is 4.89. The van der Waals surface area contributed by atoms with E-state index in [1.165, 1.54) is 22.0 Å². The van der Waals surface area contributed by atoms with Gasteiger partial charge in [-0.05, 0) is 18.9 Å². The SMILES string of the molecule is CCc1cccc2c(-c3csc(C)n3)c[nH]c12.Cl. The molecular formula is C14H15ClN2S. The molecule has 0 saturated heterocycles. The molecule has 3 aromatic rings. The van der Waals surface area contributed by atoms with E-state index in [1.807, 2.05) is 6.92 Å². The third-order valence-electron chi connectivity index (χ3n) is 3.08. The van der Waals surface area contributed by atoms with E-state index in [9.17, 15) is 0 Å². The summed E-state index contributed by atoms with van der Waals surface area (Å²) >= 11 is 1.70. The standard InChI is InChI=1S/C14H14N2S.ClH/c1-3-10-5-4-6-11-12(7-15-14(10)11)13-8-17-9(2)16-13;/h4-8,15H,3H2,1-2H3;1H. The Kier molecular flexibility index (Phi) is 3.73. The van der Waals surface area contributed by atoms with Crippen LogP contribution in [0, 0.1) is 6.92 Å². The fraction of sp³-hybridized carbons (Fsp3) is 0.214. The van der Waals surface area contributed by atoms with Gasteiger partial charge in [0, 0.05) is 28.0 Å². The number of aromatic amines is 1. The van der Waals surface area contributed by atoms with Crippen LogP contribution in [-0.4, -0.2) is 9.97 Å². The molecule has 0 aliphatic carbocycles. The smallest absolute Gasteiger partial charge is 0.0901 e. The van der Waals surface area contributed by atoms with Crippen molar-refractivity contribution in [2.24, 2.45) is 0 Å². The quantitative estimate of drug-likeness (QED) is 0.730. The molecule has 94 valence electrons. The van der Waals surface area contributed by atoms with Crippen molar-refractivity contribution in [1.82, 2.24) is 9.97 Å². The highest BCUT2D eigenvalue weighted by molar-refractivity contribution is 7.09. The second-order valence-electron chi connectivity index (χ2n) is 4.15. The van der Waals surface area contributed by atoms with Gasteiger partial charge in [-0.1, -0.05) is 25.1 Å². The highest BCUT2D eigenvalue weighted by Gasteiger charge is 2.10. The van der Waals surface area contributed by atoms with Crippen LogP contribution >= 0.6 is 23.7 Å². The highest BCUT2D eigenvalue weighted by Crippen LogP contribution is 2.30. The Morgan fingerprint density at radius 3 is 2.83 bits per heavy atom. The second kappa shape index (κ2) is 5.12. The lowest BCUT2D eigenvalue weighted by Gasteiger charge is -1.99. The van der Waals surface area contributed by atoms with Gasteiger partial charge in [0.25, 0.3) is 0 Å². The largest absolute Gasteiger partial charge is 0.360 e. The first-order valence-corrected chi connectivity index (χ1v) is 6.69. The average Bonchev–Trinajstić information content (AvgIpc) is 2.94. The lowest BCUT2D eigenvalue weighted by atomic mass is 10.1. The van der Waals surface area contributed by atoms with Crippen LogP contribution in [0.5, 0.6) is 0 Å². The zero-order valence-corrected chi connectivity index (χ0v) is 12.0. The van der Waals surface area contributed by atoms with E-state index in [1.54, 1.807) is 11.3 Å². The van der Waals surface area contributed by atoms with Gasteiger partial charge < -0.3 is 4.98 Å². The number of hydrogen-bond donors (Lipinski definition) is 1. The van der Waals surface area contributed by atoms with Crippen molar-refractivity contribution < 1.29 is 0 Å². The Balaban J connectivity index is 0.00000120. The van der Waals surface area contributed by atoms with Crippen molar-refractivity contribution in [1.29, 1.82) is 0 Å². The van der Waals surface area contributed by atoms with Gasteiger partial charge in [-0.15, -0.1) is 23.7 Å². The van der Waals surface area contributed by atoms with E-state index in [4.69, 9.17) is 0 Å². The molecule has 4 heteroatoms. The lowest BCUT2D eigenvalue weighted by molar-refractivity contribution is 1.15. The minimum atomic E-state index is 0. The van der Waals surface area contributed by atoms with Gasteiger partial charge in [0.1, 0.15) is 0 Å². The molecule has 18 heavy (non-hydrogen) atoms.